The van der Waals surface area contributed by atoms with Crippen LogP contribution in [0.4, 0.5) is 0 Å². The zero-order chi connectivity index (χ0) is 18.0. The molecule has 9 heteroatoms. The van der Waals surface area contributed by atoms with E-state index in [4.69, 9.17) is 23.2 Å². The van der Waals surface area contributed by atoms with Crippen LogP contribution in [0, 0.1) is 6.92 Å². The molecular weight excluding hydrogens is 401 g/mol. The second-order valence-corrected chi connectivity index (χ2v) is 8.93. The van der Waals surface area contributed by atoms with Gasteiger partial charge in [0, 0.05) is 28.8 Å². The SMILES string of the molecule is Cc1cc(S(=O)(=O)NCC(c2cccs2)n2cccn2)c(Cl)cc1Cl. The number of nitrogens with one attached hydrogen (secondary N) is 1. The summed E-state index contributed by atoms with van der Waals surface area (Å²) in [5.41, 5.74) is 0.647. The number of rotatable bonds is 6. The van der Waals surface area contributed by atoms with Crippen LogP contribution in [-0.4, -0.2) is 24.7 Å². The van der Waals surface area contributed by atoms with E-state index in [1.165, 1.54) is 12.1 Å². The van der Waals surface area contributed by atoms with Crippen LogP contribution in [0.1, 0.15) is 16.5 Å². The molecule has 132 valence electrons. The number of aryl methyl sites for hydroxylation is 1. The van der Waals surface area contributed by atoms with Gasteiger partial charge in [-0.25, -0.2) is 13.1 Å². The first kappa shape index (κ1) is 18.4. The van der Waals surface area contributed by atoms with Crippen LogP contribution >= 0.6 is 34.5 Å². The van der Waals surface area contributed by atoms with Crippen molar-refractivity contribution in [2.24, 2.45) is 0 Å². The van der Waals surface area contributed by atoms with Crippen molar-refractivity contribution in [1.29, 1.82) is 0 Å². The molecule has 3 aromatic rings. The van der Waals surface area contributed by atoms with Gasteiger partial charge in [-0.15, -0.1) is 11.3 Å². The van der Waals surface area contributed by atoms with E-state index in [9.17, 15) is 8.42 Å². The first-order valence-electron chi connectivity index (χ1n) is 7.36. The molecule has 0 bridgehead atoms. The second-order valence-electron chi connectivity index (χ2n) is 5.40. The third-order valence-electron chi connectivity index (χ3n) is 3.69. The Morgan fingerprint density at radius 3 is 2.72 bits per heavy atom. The summed E-state index contributed by atoms with van der Waals surface area (Å²) < 4.78 is 29.7. The van der Waals surface area contributed by atoms with Gasteiger partial charge in [-0.2, -0.15) is 5.10 Å². The molecule has 3 rings (SSSR count). The van der Waals surface area contributed by atoms with Crippen molar-refractivity contribution in [2.45, 2.75) is 17.9 Å². The number of aromatic nitrogens is 2. The van der Waals surface area contributed by atoms with Crippen molar-refractivity contribution in [3.63, 3.8) is 0 Å². The maximum atomic E-state index is 12.7. The summed E-state index contributed by atoms with van der Waals surface area (Å²) in [5.74, 6) is 0. The molecular formula is C16H15Cl2N3O2S2. The largest absolute Gasteiger partial charge is 0.263 e. The summed E-state index contributed by atoms with van der Waals surface area (Å²) in [6, 6.07) is 8.35. The molecule has 2 aromatic heterocycles. The van der Waals surface area contributed by atoms with Crippen molar-refractivity contribution in [2.75, 3.05) is 6.54 Å². The summed E-state index contributed by atoms with van der Waals surface area (Å²) in [6.45, 7) is 1.89. The van der Waals surface area contributed by atoms with Gasteiger partial charge in [0.2, 0.25) is 10.0 Å². The molecule has 0 aliphatic heterocycles. The van der Waals surface area contributed by atoms with Gasteiger partial charge >= 0.3 is 0 Å². The lowest BCUT2D eigenvalue weighted by molar-refractivity contribution is 0.511. The summed E-state index contributed by atoms with van der Waals surface area (Å²) in [7, 11) is -3.78. The number of thiophene rings is 1. The number of nitrogens with zero attached hydrogens (tertiary/aromatic N) is 2. The van der Waals surface area contributed by atoms with E-state index in [-0.39, 0.29) is 22.5 Å². The molecule has 0 radical (unpaired) electrons. The fourth-order valence-corrected chi connectivity index (χ4v) is 5.06. The Morgan fingerprint density at radius 2 is 2.08 bits per heavy atom. The minimum Gasteiger partial charge on any atom is -0.263 e. The van der Waals surface area contributed by atoms with Gasteiger partial charge in [0.05, 0.1) is 11.1 Å². The zero-order valence-electron chi connectivity index (χ0n) is 13.2. The number of halogens is 2. The average Bonchev–Trinajstić information content (AvgIpc) is 3.24. The van der Waals surface area contributed by atoms with Gasteiger partial charge in [-0.1, -0.05) is 29.3 Å². The molecule has 5 nitrogen and oxygen atoms in total. The van der Waals surface area contributed by atoms with Crippen molar-refractivity contribution in [1.82, 2.24) is 14.5 Å². The van der Waals surface area contributed by atoms with Crippen molar-refractivity contribution in [3.05, 3.63) is 68.6 Å². The Bertz CT molecular complexity index is 921. The Hall–Kier alpha value is -1.38. The molecule has 2 heterocycles. The van der Waals surface area contributed by atoms with Gasteiger partial charge in [0.1, 0.15) is 4.90 Å². The lowest BCUT2D eigenvalue weighted by atomic mass is 10.2. The maximum Gasteiger partial charge on any atom is 0.242 e. The van der Waals surface area contributed by atoms with Crippen LogP contribution in [0.3, 0.4) is 0 Å². The van der Waals surface area contributed by atoms with E-state index in [0.717, 1.165) is 4.88 Å². The third-order valence-corrected chi connectivity index (χ3v) is 6.95. The molecule has 0 aliphatic carbocycles. The Balaban J connectivity index is 1.87. The lowest BCUT2D eigenvalue weighted by Gasteiger charge is -2.18. The molecule has 0 fully saturated rings. The normalized spacial score (nSPS) is 13.1. The van der Waals surface area contributed by atoms with E-state index in [2.05, 4.69) is 9.82 Å². The molecule has 0 spiro atoms. The molecule has 0 saturated heterocycles. The van der Waals surface area contributed by atoms with Gasteiger partial charge in [-0.05, 0) is 42.1 Å². The number of sulfonamides is 1. The predicted octanol–water partition coefficient (Wildman–Crippen LogP) is 4.13. The monoisotopic (exact) mass is 415 g/mol. The topological polar surface area (TPSA) is 64.0 Å². The van der Waals surface area contributed by atoms with Crippen LogP contribution in [-0.2, 0) is 10.0 Å². The highest BCUT2D eigenvalue weighted by molar-refractivity contribution is 7.89. The molecule has 25 heavy (non-hydrogen) atoms. The molecule has 1 N–H and O–H groups in total. The summed E-state index contributed by atoms with van der Waals surface area (Å²) in [5, 5.41) is 6.70. The summed E-state index contributed by atoms with van der Waals surface area (Å²) >= 11 is 13.6. The fourth-order valence-electron chi connectivity index (χ4n) is 2.37. The van der Waals surface area contributed by atoms with E-state index in [0.29, 0.717) is 10.6 Å². The smallest absolute Gasteiger partial charge is 0.242 e. The molecule has 0 amide bonds. The van der Waals surface area contributed by atoms with Crippen LogP contribution in [0.15, 0.2) is 53.0 Å². The first-order chi connectivity index (χ1) is 11.9. The summed E-state index contributed by atoms with van der Waals surface area (Å²) in [6.07, 6.45) is 3.46. The highest BCUT2D eigenvalue weighted by Gasteiger charge is 2.23. The van der Waals surface area contributed by atoms with Crippen molar-refractivity contribution in [3.8, 4) is 0 Å². The van der Waals surface area contributed by atoms with E-state index >= 15 is 0 Å². The standard InChI is InChI=1S/C16H15Cl2N3O2S2/c1-11-8-16(13(18)9-12(11)17)25(22,23)20-10-14(15-4-2-7-24-15)21-6-3-5-19-21/h2-9,14,20H,10H2,1H3. The quantitative estimate of drug-likeness (QED) is 0.657. The predicted molar refractivity (Wildman–Crippen MR) is 101 cm³/mol. The van der Waals surface area contributed by atoms with Crippen molar-refractivity contribution < 1.29 is 8.42 Å². The number of hydrogen-bond donors (Lipinski definition) is 1. The highest BCUT2D eigenvalue weighted by atomic mass is 35.5. The lowest BCUT2D eigenvalue weighted by Crippen LogP contribution is -2.31. The van der Waals surface area contributed by atoms with E-state index in [1.807, 2.05) is 17.5 Å². The van der Waals surface area contributed by atoms with E-state index < -0.39 is 10.0 Å². The van der Waals surface area contributed by atoms with Crippen LogP contribution in [0.2, 0.25) is 10.0 Å². The van der Waals surface area contributed by atoms with Gasteiger partial charge in [0.25, 0.3) is 0 Å². The van der Waals surface area contributed by atoms with Gasteiger partial charge in [-0.3, -0.25) is 4.68 Å². The average molecular weight is 416 g/mol. The molecule has 1 unspecified atom stereocenters. The molecule has 1 aromatic carbocycles. The third kappa shape index (κ3) is 4.07. The first-order valence-corrected chi connectivity index (χ1v) is 10.5. The Labute approximate surface area is 160 Å². The molecule has 0 aliphatic rings. The van der Waals surface area contributed by atoms with Crippen molar-refractivity contribution >= 4 is 44.6 Å². The minimum atomic E-state index is -3.78. The minimum absolute atomic E-state index is 0.0152. The zero-order valence-corrected chi connectivity index (χ0v) is 16.3. The molecule has 0 saturated carbocycles. The Kier molecular flexibility index (Phi) is 5.50. The van der Waals surface area contributed by atoms with E-state index in [1.54, 1.807) is 41.4 Å². The fraction of sp³-hybridized carbons (Fsp3) is 0.188. The van der Waals surface area contributed by atoms with Crippen LogP contribution in [0.5, 0.6) is 0 Å². The van der Waals surface area contributed by atoms with Gasteiger partial charge in [0.15, 0.2) is 0 Å². The van der Waals surface area contributed by atoms with Gasteiger partial charge < -0.3 is 0 Å². The Morgan fingerprint density at radius 1 is 1.28 bits per heavy atom. The summed E-state index contributed by atoms with van der Waals surface area (Å²) in [4.78, 5) is 1.02. The second kappa shape index (κ2) is 7.47. The number of benzene rings is 1. The molecule has 1 atom stereocenters. The maximum absolute atomic E-state index is 12.7. The number of hydrogen-bond acceptors (Lipinski definition) is 4. The van der Waals surface area contributed by atoms with Crippen LogP contribution in [0.25, 0.3) is 0 Å². The highest BCUT2D eigenvalue weighted by Crippen LogP contribution is 2.29. The van der Waals surface area contributed by atoms with Crippen LogP contribution < -0.4 is 4.72 Å².